The van der Waals surface area contributed by atoms with E-state index in [2.05, 4.69) is 10.2 Å². The number of thioether (sulfide) groups is 1. The van der Waals surface area contributed by atoms with Gasteiger partial charge in [0.2, 0.25) is 5.91 Å². The molecule has 0 bridgehead atoms. The van der Waals surface area contributed by atoms with E-state index < -0.39 is 40.8 Å². The Labute approximate surface area is 272 Å². The minimum Gasteiger partial charge on any atom is -0.492 e. The van der Waals surface area contributed by atoms with Gasteiger partial charge in [0.1, 0.15) is 22.5 Å². The number of benzene rings is 3. The molecule has 2 fully saturated rings. The van der Waals surface area contributed by atoms with Crippen molar-refractivity contribution in [2.24, 2.45) is 0 Å². The van der Waals surface area contributed by atoms with Crippen LogP contribution < -0.4 is 10.1 Å². The summed E-state index contributed by atoms with van der Waals surface area (Å²) in [6, 6.07) is 11.9. The number of rotatable bonds is 11. The molecule has 2 heterocycles. The zero-order chi connectivity index (χ0) is 32.8. The molecule has 0 radical (unpaired) electrons. The SMILES string of the molecule is O=C(CCN1C(=O)C(=Cc2cc(-c3ccc(F)c(F)c3)ccc2OCCN2CCOCC2)SC1=S)Nc1ccc(C(=O)O)c(F)c1. The Balaban J connectivity index is 1.30. The van der Waals surface area contributed by atoms with Crippen molar-refractivity contribution >= 4 is 57.8 Å². The number of carboxylic acid groups (broad SMARTS) is 1. The number of thiocarbonyl (C=S) groups is 1. The third-order valence-corrected chi connectivity index (χ3v) is 8.62. The van der Waals surface area contributed by atoms with Crippen LogP contribution in [0.5, 0.6) is 5.75 Å². The van der Waals surface area contributed by atoms with Gasteiger partial charge >= 0.3 is 5.97 Å². The Kier molecular flexibility index (Phi) is 10.7. The van der Waals surface area contributed by atoms with E-state index in [0.29, 0.717) is 48.8 Å². The van der Waals surface area contributed by atoms with Crippen LogP contribution in [-0.4, -0.2) is 83.0 Å². The zero-order valence-electron chi connectivity index (χ0n) is 24.3. The fourth-order valence-corrected chi connectivity index (χ4v) is 6.09. The first-order valence-electron chi connectivity index (χ1n) is 14.2. The molecule has 0 atom stereocenters. The maximum Gasteiger partial charge on any atom is 0.338 e. The summed E-state index contributed by atoms with van der Waals surface area (Å²) in [4.78, 5) is 40.7. The van der Waals surface area contributed by atoms with Crippen LogP contribution in [0.25, 0.3) is 17.2 Å². The first-order chi connectivity index (χ1) is 22.1. The van der Waals surface area contributed by atoms with Gasteiger partial charge in [0.25, 0.3) is 5.91 Å². The monoisotopic (exact) mass is 671 g/mol. The predicted octanol–water partition coefficient (Wildman–Crippen LogP) is 5.41. The predicted molar refractivity (Wildman–Crippen MR) is 171 cm³/mol. The summed E-state index contributed by atoms with van der Waals surface area (Å²) in [6.07, 6.45) is 1.45. The van der Waals surface area contributed by atoms with Gasteiger partial charge < -0.3 is 19.9 Å². The van der Waals surface area contributed by atoms with Gasteiger partial charge in [0.15, 0.2) is 11.6 Å². The average molecular weight is 672 g/mol. The molecular formula is C32H28F3N3O6S2. The van der Waals surface area contributed by atoms with Crippen LogP contribution in [0.1, 0.15) is 22.3 Å². The molecule has 9 nitrogen and oxygen atoms in total. The van der Waals surface area contributed by atoms with Gasteiger partial charge in [0, 0.05) is 43.9 Å². The van der Waals surface area contributed by atoms with E-state index >= 15 is 0 Å². The number of carbonyl (C=O) groups is 3. The first kappa shape index (κ1) is 33.1. The zero-order valence-corrected chi connectivity index (χ0v) is 25.9. The fourth-order valence-electron chi connectivity index (χ4n) is 4.79. The summed E-state index contributed by atoms with van der Waals surface area (Å²) in [7, 11) is 0. The molecule has 0 aromatic heterocycles. The van der Waals surface area contributed by atoms with Crippen LogP contribution in [0.3, 0.4) is 0 Å². The number of carboxylic acids is 1. The number of morpholine rings is 1. The van der Waals surface area contributed by atoms with Crippen LogP contribution in [-0.2, 0) is 14.3 Å². The Morgan fingerprint density at radius 3 is 2.43 bits per heavy atom. The van der Waals surface area contributed by atoms with Crippen molar-refractivity contribution in [1.29, 1.82) is 0 Å². The lowest BCUT2D eigenvalue weighted by atomic mass is 10.0. The van der Waals surface area contributed by atoms with Crippen molar-refractivity contribution in [2.75, 3.05) is 51.3 Å². The van der Waals surface area contributed by atoms with E-state index in [4.69, 9.17) is 26.8 Å². The second-order valence-electron chi connectivity index (χ2n) is 10.3. The Morgan fingerprint density at radius 2 is 1.72 bits per heavy atom. The van der Waals surface area contributed by atoms with Crippen molar-refractivity contribution in [3.63, 3.8) is 0 Å². The van der Waals surface area contributed by atoms with Crippen molar-refractivity contribution in [2.45, 2.75) is 6.42 Å². The number of halogens is 3. The van der Waals surface area contributed by atoms with Crippen LogP contribution in [0.2, 0.25) is 0 Å². The molecule has 5 rings (SSSR count). The third kappa shape index (κ3) is 8.12. The Hall–Kier alpha value is -4.24. The number of hydrogen-bond acceptors (Lipinski definition) is 8. The minimum absolute atomic E-state index is 0.0542. The lowest BCUT2D eigenvalue weighted by molar-refractivity contribution is -0.122. The minimum atomic E-state index is -1.43. The highest BCUT2D eigenvalue weighted by atomic mass is 32.2. The summed E-state index contributed by atoms with van der Waals surface area (Å²) < 4.78 is 53.3. The molecule has 3 aromatic rings. The van der Waals surface area contributed by atoms with Gasteiger partial charge in [-0.25, -0.2) is 18.0 Å². The van der Waals surface area contributed by atoms with Gasteiger partial charge in [0.05, 0.1) is 23.7 Å². The maximum absolute atomic E-state index is 14.0. The van der Waals surface area contributed by atoms with E-state index in [9.17, 15) is 27.6 Å². The molecule has 3 aromatic carbocycles. The molecule has 2 N–H and O–H groups in total. The highest BCUT2D eigenvalue weighted by molar-refractivity contribution is 8.26. The molecule has 240 valence electrons. The van der Waals surface area contributed by atoms with E-state index in [0.717, 1.165) is 49.1 Å². The topological polar surface area (TPSA) is 108 Å². The highest BCUT2D eigenvalue weighted by Gasteiger charge is 2.32. The van der Waals surface area contributed by atoms with Crippen molar-refractivity contribution in [3.8, 4) is 16.9 Å². The first-order valence-corrected chi connectivity index (χ1v) is 15.4. The quantitative estimate of drug-likeness (QED) is 0.204. The van der Waals surface area contributed by atoms with Crippen LogP contribution in [0.15, 0.2) is 59.5 Å². The van der Waals surface area contributed by atoms with E-state index in [-0.39, 0.29) is 27.9 Å². The number of hydrogen-bond donors (Lipinski definition) is 2. The number of nitrogens with zero attached hydrogens (tertiary/aromatic N) is 2. The summed E-state index contributed by atoms with van der Waals surface area (Å²) in [6.45, 7) is 3.85. The number of ether oxygens (including phenoxy) is 2. The van der Waals surface area contributed by atoms with Gasteiger partial charge in [-0.15, -0.1) is 0 Å². The molecule has 0 aliphatic carbocycles. The second-order valence-corrected chi connectivity index (χ2v) is 12.0. The van der Waals surface area contributed by atoms with Crippen LogP contribution >= 0.6 is 24.0 Å². The summed E-state index contributed by atoms with van der Waals surface area (Å²) in [5.74, 6) is -4.87. The standard InChI is InChI=1S/C32H28F3N3O6S2/c33-24-5-1-20(16-26(24)35)19-2-6-27(44-14-11-37-9-12-43-13-10-37)21(15-19)17-28-30(40)38(32(45)46-28)8-7-29(39)36-22-3-4-23(31(41)42)25(34)18-22/h1-6,15-18H,7-14H2,(H,36,39)(H,41,42). The van der Waals surface area contributed by atoms with Gasteiger partial charge in [-0.1, -0.05) is 36.1 Å². The summed E-state index contributed by atoms with van der Waals surface area (Å²) in [5, 5.41) is 11.5. The number of carbonyl (C=O) groups excluding carboxylic acids is 2. The normalized spacial score (nSPS) is 16.2. The molecule has 0 saturated carbocycles. The van der Waals surface area contributed by atoms with Crippen LogP contribution in [0.4, 0.5) is 18.9 Å². The fraction of sp³-hybridized carbons (Fsp3) is 0.250. The molecule has 2 aliphatic heterocycles. The maximum atomic E-state index is 14.0. The third-order valence-electron chi connectivity index (χ3n) is 7.24. The number of aromatic carboxylic acids is 1. The Bertz CT molecular complexity index is 1710. The molecular weight excluding hydrogens is 643 g/mol. The molecule has 2 aliphatic rings. The summed E-state index contributed by atoms with van der Waals surface area (Å²) >= 11 is 6.46. The molecule has 0 unspecified atom stereocenters. The van der Waals surface area contributed by atoms with E-state index in [1.54, 1.807) is 24.3 Å². The van der Waals surface area contributed by atoms with Crippen molar-refractivity contribution < 1.29 is 42.1 Å². The van der Waals surface area contributed by atoms with Gasteiger partial charge in [-0.2, -0.15) is 0 Å². The number of nitrogens with one attached hydrogen (secondary N) is 1. The largest absolute Gasteiger partial charge is 0.492 e. The van der Waals surface area contributed by atoms with Crippen molar-refractivity contribution in [3.05, 3.63) is 88.1 Å². The number of anilines is 1. The smallest absolute Gasteiger partial charge is 0.338 e. The van der Waals surface area contributed by atoms with E-state index in [1.807, 2.05) is 0 Å². The molecule has 14 heteroatoms. The lowest BCUT2D eigenvalue weighted by Crippen LogP contribution is -2.38. The Morgan fingerprint density at radius 1 is 0.978 bits per heavy atom. The average Bonchev–Trinajstić information content (AvgIpc) is 3.29. The molecule has 2 saturated heterocycles. The van der Waals surface area contributed by atoms with Gasteiger partial charge in [-0.05, 0) is 59.7 Å². The molecule has 0 spiro atoms. The lowest BCUT2D eigenvalue weighted by Gasteiger charge is -2.26. The second kappa shape index (κ2) is 14.9. The molecule has 46 heavy (non-hydrogen) atoms. The van der Waals surface area contributed by atoms with Crippen LogP contribution in [0, 0.1) is 17.5 Å². The van der Waals surface area contributed by atoms with Crippen molar-refractivity contribution in [1.82, 2.24) is 9.80 Å². The molecule has 2 amide bonds. The number of amides is 2. The van der Waals surface area contributed by atoms with Gasteiger partial charge in [-0.3, -0.25) is 19.4 Å². The highest BCUT2D eigenvalue weighted by Crippen LogP contribution is 2.36. The summed E-state index contributed by atoms with van der Waals surface area (Å²) in [5.41, 5.74) is 1.08. The van der Waals surface area contributed by atoms with E-state index in [1.165, 1.54) is 17.0 Å².